The number of halogens is 3. The van der Waals surface area contributed by atoms with E-state index in [0.29, 0.717) is 11.5 Å². The minimum Gasteiger partial charge on any atom is -0.477 e. The van der Waals surface area contributed by atoms with Crippen LogP contribution in [-0.4, -0.2) is 47.6 Å². The van der Waals surface area contributed by atoms with Crippen molar-refractivity contribution in [2.75, 3.05) is 25.2 Å². The molecule has 1 aromatic heterocycles. The lowest BCUT2D eigenvalue weighted by Gasteiger charge is -2.40. The molecule has 0 atom stereocenters. The lowest BCUT2D eigenvalue weighted by atomic mass is 9.98. The molecule has 2 aliphatic rings. The van der Waals surface area contributed by atoms with Gasteiger partial charge in [0.2, 0.25) is 5.88 Å². The number of thioether (sulfide) groups is 1. The molecule has 148 valence electrons. The van der Waals surface area contributed by atoms with E-state index in [1.165, 1.54) is 7.11 Å². The van der Waals surface area contributed by atoms with Gasteiger partial charge in [-0.2, -0.15) is 24.9 Å². The van der Waals surface area contributed by atoms with Crippen LogP contribution in [0.1, 0.15) is 35.3 Å². The van der Waals surface area contributed by atoms with Crippen LogP contribution in [0.15, 0.2) is 12.1 Å². The minimum absolute atomic E-state index is 0.00604. The van der Waals surface area contributed by atoms with E-state index in [1.54, 1.807) is 11.8 Å². The molecule has 27 heavy (non-hydrogen) atoms. The normalized spacial score (nSPS) is 18.4. The van der Waals surface area contributed by atoms with E-state index in [-0.39, 0.29) is 24.6 Å². The zero-order chi connectivity index (χ0) is 19.7. The molecule has 2 heterocycles. The molecule has 1 aliphatic heterocycles. The number of carbonyl (C=O) groups excluding carboxylic acids is 2. The molecule has 0 bridgehead atoms. The predicted octanol–water partition coefficient (Wildman–Crippen LogP) is 2.67. The van der Waals surface area contributed by atoms with Gasteiger partial charge >= 0.3 is 12.1 Å². The van der Waals surface area contributed by atoms with Crippen molar-refractivity contribution in [3.8, 4) is 5.88 Å². The summed E-state index contributed by atoms with van der Waals surface area (Å²) in [7, 11) is 1.25. The Hall–Kier alpha value is -1.97. The average Bonchev–Trinajstić information content (AvgIpc) is 3.41. The number of nitrogens with zero attached hydrogens (tertiary/aromatic N) is 1. The molecule has 1 aromatic rings. The van der Waals surface area contributed by atoms with Crippen molar-refractivity contribution in [2.45, 2.75) is 31.0 Å². The van der Waals surface area contributed by atoms with E-state index in [1.807, 2.05) is 0 Å². The third-order valence-electron chi connectivity index (χ3n) is 4.40. The number of ether oxygens (including phenoxy) is 2. The first-order valence-electron chi connectivity index (χ1n) is 8.40. The second-order valence-corrected chi connectivity index (χ2v) is 7.77. The number of pyridine rings is 1. The van der Waals surface area contributed by atoms with Gasteiger partial charge in [0.1, 0.15) is 11.3 Å². The van der Waals surface area contributed by atoms with Gasteiger partial charge in [0.15, 0.2) is 0 Å². The number of hydrogen-bond acceptors (Lipinski definition) is 6. The van der Waals surface area contributed by atoms with Gasteiger partial charge < -0.3 is 14.8 Å². The maximum Gasteiger partial charge on any atom is 0.421 e. The van der Waals surface area contributed by atoms with E-state index in [0.717, 1.165) is 25.0 Å². The van der Waals surface area contributed by atoms with Gasteiger partial charge in [-0.25, -0.2) is 4.98 Å². The van der Waals surface area contributed by atoms with Crippen molar-refractivity contribution in [2.24, 2.45) is 5.92 Å². The molecule has 1 aliphatic carbocycles. The van der Waals surface area contributed by atoms with Gasteiger partial charge in [-0.15, -0.1) is 0 Å². The smallest absolute Gasteiger partial charge is 0.421 e. The number of rotatable bonds is 7. The highest BCUT2D eigenvalue weighted by molar-refractivity contribution is 8.00. The van der Waals surface area contributed by atoms with Crippen LogP contribution in [0.2, 0.25) is 0 Å². The van der Waals surface area contributed by atoms with Gasteiger partial charge in [-0.1, -0.05) is 0 Å². The van der Waals surface area contributed by atoms with Crippen LogP contribution < -0.4 is 10.1 Å². The topological polar surface area (TPSA) is 77.5 Å². The molecule has 1 saturated heterocycles. The van der Waals surface area contributed by atoms with Crippen molar-refractivity contribution in [1.29, 1.82) is 0 Å². The van der Waals surface area contributed by atoms with Gasteiger partial charge in [-0.05, 0) is 30.9 Å². The second-order valence-electron chi connectivity index (χ2n) is 6.78. The van der Waals surface area contributed by atoms with Crippen LogP contribution in [0.4, 0.5) is 13.2 Å². The van der Waals surface area contributed by atoms with Crippen LogP contribution in [-0.2, 0) is 15.7 Å². The second kappa shape index (κ2) is 7.57. The van der Waals surface area contributed by atoms with Crippen molar-refractivity contribution < 1.29 is 32.2 Å². The van der Waals surface area contributed by atoms with Crippen LogP contribution in [0.3, 0.4) is 0 Å². The first-order valence-corrected chi connectivity index (χ1v) is 9.56. The first kappa shape index (κ1) is 19.8. The summed E-state index contributed by atoms with van der Waals surface area (Å²) in [6.45, 7) is 0.143. The highest BCUT2D eigenvalue weighted by atomic mass is 32.2. The summed E-state index contributed by atoms with van der Waals surface area (Å²) in [5.41, 5.74) is -1.97. The van der Waals surface area contributed by atoms with E-state index >= 15 is 0 Å². The van der Waals surface area contributed by atoms with E-state index in [2.05, 4.69) is 15.0 Å². The average molecular weight is 404 g/mol. The molecule has 10 heteroatoms. The van der Waals surface area contributed by atoms with E-state index in [9.17, 15) is 22.8 Å². The minimum atomic E-state index is -4.63. The summed E-state index contributed by atoms with van der Waals surface area (Å²) in [4.78, 5) is 27.9. The Bertz CT molecular complexity index is 733. The quantitative estimate of drug-likeness (QED) is 0.704. The molecule has 3 rings (SSSR count). The fraction of sp³-hybridized carbons (Fsp3) is 0.588. The lowest BCUT2D eigenvalue weighted by molar-refractivity contribution is -0.142. The monoisotopic (exact) mass is 404 g/mol. The number of aromatic nitrogens is 1. The fourth-order valence-corrected chi connectivity index (χ4v) is 3.64. The molecule has 0 unspecified atom stereocenters. The number of nitrogens with one attached hydrogen (secondary N) is 1. The van der Waals surface area contributed by atoms with Gasteiger partial charge in [-0.3, -0.25) is 9.59 Å². The molecule has 1 N–H and O–H groups in total. The Kier molecular flexibility index (Phi) is 5.55. The number of methoxy groups -OCH3 is 1. The van der Waals surface area contributed by atoms with Gasteiger partial charge in [0.25, 0.3) is 5.91 Å². The fourth-order valence-electron chi connectivity index (χ4n) is 2.59. The van der Waals surface area contributed by atoms with Crippen LogP contribution in [0.5, 0.6) is 5.88 Å². The largest absolute Gasteiger partial charge is 0.477 e. The summed E-state index contributed by atoms with van der Waals surface area (Å²) >= 11 is 1.54. The number of alkyl halides is 3. The molecule has 0 aromatic carbocycles. The summed E-state index contributed by atoms with van der Waals surface area (Å²) in [5.74, 6) is -0.444. The molecule has 2 fully saturated rings. The van der Waals surface area contributed by atoms with Gasteiger partial charge in [0, 0.05) is 11.5 Å². The first-order chi connectivity index (χ1) is 12.7. The van der Waals surface area contributed by atoms with Crippen LogP contribution in [0, 0.1) is 5.92 Å². The molecule has 0 spiro atoms. The summed E-state index contributed by atoms with van der Waals surface area (Å²) in [6, 6.07) is 1.81. The number of esters is 1. The maximum absolute atomic E-state index is 13.2. The summed E-state index contributed by atoms with van der Waals surface area (Å²) in [6.07, 6.45) is -2.81. The molecule has 1 saturated carbocycles. The Balaban J connectivity index is 1.77. The van der Waals surface area contributed by atoms with Gasteiger partial charge in [0.05, 0.1) is 25.7 Å². The zero-order valence-corrected chi connectivity index (χ0v) is 15.4. The highest BCUT2D eigenvalue weighted by Gasteiger charge is 2.42. The third kappa shape index (κ3) is 4.85. The van der Waals surface area contributed by atoms with E-state index in [4.69, 9.17) is 4.74 Å². The molecular weight excluding hydrogens is 385 g/mol. The SMILES string of the molecule is COC(=O)CC1(NC(=O)c2ccc(C(F)(F)F)c(OCC3CC3)n2)CSC1. The molecule has 6 nitrogen and oxygen atoms in total. The highest BCUT2D eigenvalue weighted by Crippen LogP contribution is 2.37. The molecule has 1 amide bonds. The lowest BCUT2D eigenvalue weighted by Crippen LogP contribution is -2.59. The van der Waals surface area contributed by atoms with Crippen molar-refractivity contribution in [3.05, 3.63) is 23.4 Å². The summed E-state index contributed by atoms with van der Waals surface area (Å²) in [5, 5.41) is 2.71. The Morgan fingerprint density at radius 2 is 2.04 bits per heavy atom. The van der Waals surface area contributed by atoms with Crippen molar-refractivity contribution in [1.82, 2.24) is 10.3 Å². The Labute approximate surface area is 158 Å². The predicted molar refractivity (Wildman–Crippen MR) is 91.6 cm³/mol. The van der Waals surface area contributed by atoms with Crippen molar-refractivity contribution in [3.63, 3.8) is 0 Å². The number of amides is 1. The van der Waals surface area contributed by atoms with Crippen LogP contribution in [0.25, 0.3) is 0 Å². The van der Waals surface area contributed by atoms with Crippen LogP contribution >= 0.6 is 11.8 Å². The summed E-state index contributed by atoms with van der Waals surface area (Å²) < 4.78 is 49.4. The zero-order valence-electron chi connectivity index (χ0n) is 14.6. The third-order valence-corrected chi connectivity index (χ3v) is 5.91. The Morgan fingerprint density at radius 1 is 1.33 bits per heavy atom. The maximum atomic E-state index is 13.2. The molecule has 0 radical (unpaired) electrons. The number of hydrogen-bond donors (Lipinski definition) is 1. The molecular formula is C17H19F3N2O4S. The van der Waals surface area contributed by atoms with Crippen molar-refractivity contribution >= 4 is 23.6 Å². The Morgan fingerprint density at radius 3 is 2.56 bits per heavy atom. The van der Waals surface area contributed by atoms with E-state index < -0.39 is 35.0 Å². The number of carbonyl (C=O) groups is 2. The standard InChI is InChI=1S/C17H19F3N2O4S/c1-25-13(23)6-16(8-27-9-16)22-14(24)12-5-4-11(17(18,19)20)15(21-12)26-7-10-2-3-10/h4-5,10H,2-3,6-9H2,1H3,(H,22,24).